The summed E-state index contributed by atoms with van der Waals surface area (Å²) in [7, 11) is 0. The first-order valence-corrected chi connectivity index (χ1v) is 6.95. The number of rotatable bonds is 0. The molecule has 0 radical (unpaired) electrons. The summed E-state index contributed by atoms with van der Waals surface area (Å²) >= 11 is 1.73. The molecule has 0 fully saturated rings. The maximum atomic E-state index is 4.44. The Kier molecular flexibility index (Phi) is 1.62. The van der Waals surface area contributed by atoms with Gasteiger partial charge in [-0.05, 0) is 18.2 Å². The highest BCUT2D eigenvalue weighted by atomic mass is 32.1. The Labute approximate surface area is 112 Å². The summed E-state index contributed by atoms with van der Waals surface area (Å²) < 4.78 is 4.59. The number of pyridine rings is 2. The van der Waals surface area contributed by atoms with Crippen LogP contribution in [-0.2, 0) is 6.54 Å². The van der Waals surface area contributed by atoms with Crippen molar-refractivity contribution in [2.45, 2.75) is 6.54 Å². The Morgan fingerprint density at radius 3 is 3.26 bits per heavy atom. The molecule has 4 aromatic heterocycles. The molecule has 0 atom stereocenters. The molecule has 0 saturated carbocycles. The lowest BCUT2D eigenvalue weighted by atomic mass is 10.2. The molecule has 0 saturated heterocycles. The van der Waals surface area contributed by atoms with Crippen molar-refractivity contribution in [3.8, 4) is 11.4 Å². The molecule has 0 unspecified atom stereocenters. The van der Waals surface area contributed by atoms with Crippen molar-refractivity contribution in [1.82, 2.24) is 14.4 Å². The average molecular weight is 265 g/mol. The highest BCUT2D eigenvalue weighted by Gasteiger charge is 2.32. The maximum absolute atomic E-state index is 4.44. The summed E-state index contributed by atoms with van der Waals surface area (Å²) in [5, 5.41) is 0. The molecule has 0 N–H and O–H groups in total. The number of fused-ring (bicyclic) bond motifs is 7. The van der Waals surface area contributed by atoms with Crippen LogP contribution in [0.3, 0.4) is 0 Å². The van der Waals surface area contributed by atoms with E-state index < -0.39 is 0 Å². The molecule has 5 heteroatoms. The molecule has 1 aliphatic heterocycles. The van der Waals surface area contributed by atoms with E-state index in [-0.39, 0.29) is 0 Å². The van der Waals surface area contributed by atoms with E-state index in [4.69, 9.17) is 0 Å². The molecule has 5 heterocycles. The second kappa shape index (κ2) is 3.19. The Bertz CT molecular complexity index is 951. The third kappa shape index (κ3) is 1.11. The van der Waals surface area contributed by atoms with Crippen molar-refractivity contribution in [3.05, 3.63) is 48.5 Å². The zero-order valence-electron chi connectivity index (χ0n) is 9.95. The van der Waals surface area contributed by atoms with Crippen LogP contribution in [0.5, 0.6) is 0 Å². The van der Waals surface area contributed by atoms with Gasteiger partial charge in [-0.15, -0.1) is 0 Å². The van der Waals surface area contributed by atoms with E-state index in [2.05, 4.69) is 37.3 Å². The summed E-state index contributed by atoms with van der Waals surface area (Å²) in [5.41, 5.74) is 3.74. The Morgan fingerprint density at radius 1 is 1.26 bits per heavy atom. The summed E-state index contributed by atoms with van der Waals surface area (Å²) in [6.07, 6.45) is 7.88. The Balaban J connectivity index is 2.00. The summed E-state index contributed by atoms with van der Waals surface area (Å²) in [6, 6.07) is 6.22. The third-order valence-electron chi connectivity index (χ3n) is 3.66. The highest BCUT2D eigenvalue weighted by molar-refractivity contribution is 7.23. The molecule has 0 amide bonds. The van der Waals surface area contributed by atoms with Gasteiger partial charge in [0.2, 0.25) is 4.83 Å². The summed E-state index contributed by atoms with van der Waals surface area (Å²) in [4.78, 5) is 11.0. The van der Waals surface area contributed by atoms with Crippen LogP contribution in [0.1, 0.15) is 5.56 Å². The zero-order chi connectivity index (χ0) is 12.4. The molecule has 4 nitrogen and oxygen atoms in total. The van der Waals surface area contributed by atoms with Crippen molar-refractivity contribution in [2.24, 2.45) is 0 Å². The smallest absolute Gasteiger partial charge is 0.264 e. The van der Waals surface area contributed by atoms with E-state index in [1.54, 1.807) is 11.3 Å². The van der Waals surface area contributed by atoms with E-state index in [9.17, 15) is 0 Å². The second-order valence-electron chi connectivity index (χ2n) is 4.72. The molecule has 19 heavy (non-hydrogen) atoms. The summed E-state index contributed by atoms with van der Waals surface area (Å²) in [5.74, 6) is 1.22. The van der Waals surface area contributed by atoms with Crippen LogP contribution >= 0.6 is 11.3 Å². The molecular weight excluding hydrogens is 256 g/mol. The second-order valence-corrected chi connectivity index (χ2v) is 5.73. The molecule has 0 aliphatic carbocycles. The van der Waals surface area contributed by atoms with Gasteiger partial charge in [0.1, 0.15) is 12.7 Å². The number of thiazole rings is 1. The number of nitrogens with zero attached hydrogens (tertiary/aromatic N) is 4. The highest BCUT2D eigenvalue weighted by Crippen LogP contribution is 2.33. The average Bonchev–Trinajstić information content (AvgIpc) is 3.04. The maximum Gasteiger partial charge on any atom is 0.297 e. The molecule has 0 spiro atoms. The van der Waals surface area contributed by atoms with Gasteiger partial charge in [0.15, 0.2) is 10.3 Å². The minimum Gasteiger partial charge on any atom is -0.264 e. The number of imidazole rings is 1. The molecular formula is C14H9N4S+. The van der Waals surface area contributed by atoms with Gasteiger partial charge < -0.3 is 0 Å². The van der Waals surface area contributed by atoms with Crippen molar-refractivity contribution in [2.75, 3.05) is 0 Å². The lowest BCUT2D eigenvalue weighted by Crippen LogP contribution is -2.29. The van der Waals surface area contributed by atoms with E-state index in [1.807, 2.05) is 24.7 Å². The van der Waals surface area contributed by atoms with Gasteiger partial charge >= 0.3 is 0 Å². The number of hydrogen-bond donors (Lipinski definition) is 0. The van der Waals surface area contributed by atoms with Crippen LogP contribution < -0.4 is 4.57 Å². The largest absolute Gasteiger partial charge is 0.297 e. The predicted octanol–water partition coefficient (Wildman–Crippen LogP) is 2.26. The van der Waals surface area contributed by atoms with E-state index >= 15 is 0 Å². The monoisotopic (exact) mass is 265 g/mol. The van der Waals surface area contributed by atoms with Crippen LogP contribution in [0.25, 0.3) is 26.6 Å². The van der Waals surface area contributed by atoms with Gasteiger partial charge in [0.05, 0.1) is 5.56 Å². The fourth-order valence-corrected chi connectivity index (χ4v) is 3.89. The first kappa shape index (κ1) is 9.63. The van der Waals surface area contributed by atoms with Crippen LogP contribution in [0.2, 0.25) is 0 Å². The van der Waals surface area contributed by atoms with Gasteiger partial charge in [-0.2, -0.15) is 4.40 Å². The minimum absolute atomic E-state index is 0.934. The first-order valence-electron chi connectivity index (χ1n) is 6.13. The van der Waals surface area contributed by atoms with Crippen LogP contribution in [0, 0.1) is 0 Å². The minimum atomic E-state index is 0.934. The van der Waals surface area contributed by atoms with Crippen LogP contribution in [0.4, 0.5) is 0 Å². The van der Waals surface area contributed by atoms with E-state index in [0.29, 0.717) is 0 Å². The van der Waals surface area contributed by atoms with Crippen LogP contribution in [-0.4, -0.2) is 14.4 Å². The first-order chi connectivity index (χ1) is 9.42. The van der Waals surface area contributed by atoms with Gasteiger partial charge in [-0.25, -0.2) is 9.55 Å². The topological polar surface area (TPSA) is 34.1 Å². The molecule has 0 bridgehead atoms. The summed E-state index contributed by atoms with van der Waals surface area (Å²) in [6.45, 7) is 0.934. The standard InChI is InChI=1S/C14H9N4S/c1-2-11-13(16-4-1)19-12-8-17-7-9-3-5-15-6-10(9)14(17)18(11)12/h1-6,8H,7H2/q+1. The van der Waals surface area contributed by atoms with E-state index in [1.165, 1.54) is 27.3 Å². The number of hydrogen-bond acceptors (Lipinski definition) is 3. The van der Waals surface area contributed by atoms with Gasteiger partial charge in [-0.3, -0.25) is 4.98 Å². The van der Waals surface area contributed by atoms with Crippen LogP contribution in [0.15, 0.2) is 43.0 Å². The van der Waals surface area contributed by atoms with Gasteiger partial charge in [-0.1, -0.05) is 11.3 Å². The van der Waals surface area contributed by atoms with Crippen molar-refractivity contribution >= 4 is 26.5 Å². The molecule has 5 rings (SSSR count). The fraction of sp³-hybridized carbons (Fsp3) is 0.0714. The zero-order valence-corrected chi connectivity index (χ0v) is 10.8. The Hall–Kier alpha value is -2.27. The molecule has 4 aromatic rings. The molecule has 1 aliphatic rings. The van der Waals surface area contributed by atoms with Crippen molar-refractivity contribution in [1.29, 1.82) is 0 Å². The lowest BCUT2D eigenvalue weighted by Gasteiger charge is -1.92. The van der Waals surface area contributed by atoms with Gasteiger partial charge in [0.25, 0.3) is 5.82 Å². The van der Waals surface area contributed by atoms with Crippen molar-refractivity contribution in [3.63, 3.8) is 0 Å². The SMILES string of the molecule is c1cnc2sc3c[n+]4c(n3c2c1)-c1cnccc1C4. The predicted molar refractivity (Wildman–Crippen MR) is 73.1 cm³/mol. The quantitative estimate of drug-likeness (QED) is 0.402. The third-order valence-corrected chi connectivity index (χ3v) is 4.66. The fourth-order valence-electron chi connectivity index (χ4n) is 2.86. The van der Waals surface area contributed by atoms with E-state index in [0.717, 1.165) is 11.4 Å². The number of aromatic nitrogens is 4. The molecule has 0 aromatic carbocycles. The van der Waals surface area contributed by atoms with Gasteiger partial charge in [0, 0.05) is 24.2 Å². The molecule has 90 valence electrons. The Morgan fingerprint density at radius 2 is 2.26 bits per heavy atom. The normalized spacial score (nSPS) is 13.1. The van der Waals surface area contributed by atoms with Crippen molar-refractivity contribution < 1.29 is 4.57 Å². The lowest BCUT2D eigenvalue weighted by molar-refractivity contribution is -0.670.